The highest BCUT2D eigenvalue weighted by molar-refractivity contribution is 5.81. The number of carbonyl (C=O) groups is 1. The fourth-order valence-electron chi connectivity index (χ4n) is 3.41. The molecule has 2 aliphatic rings. The van der Waals surface area contributed by atoms with Crippen LogP contribution in [-0.4, -0.2) is 60.4 Å². The first-order valence-corrected chi connectivity index (χ1v) is 8.48. The molecule has 1 atom stereocenters. The van der Waals surface area contributed by atoms with Crippen LogP contribution in [-0.2, 0) is 20.8 Å². The second-order valence-electron chi connectivity index (χ2n) is 6.34. The van der Waals surface area contributed by atoms with Gasteiger partial charge < -0.3 is 14.4 Å². The molecule has 2 fully saturated rings. The van der Waals surface area contributed by atoms with E-state index in [-0.39, 0.29) is 11.9 Å². The fourth-order valence-corrected chi connectivity index (χ4v) is 3.41. The number of amides is 1. The Balaban J connectivity index is 1.61. The van der Waals surface area contributed by atoms with Crippen LogP contribution in [0.5, 0.6) is 0 Å². The number of likely N-dealkylation sites (tertiary alicyclic amines) is 1. The molecule has 0 aliphatic carbocycles. The Morgan fingerprint density at radius 3 is 2.65 bits per heavy atom. The van der Waals surface area contributed by atoms with E-state index in [1.807, 2.05) is 36.9 Å². The third kappa shape index (κ3) is 3.57. The number of hydrogen-bond donors (Lipinski definition) is 0. The first-order valence-electron chi connectivity index (χ1n) is 8.48. The fraction of sp³-hybridized carbons (Fsp3) is 0.611. The summed E-state index contributed by atoms with van der Waals surface area (Å²) in [4.78, 5) is 17.0. The van der Waals surface area contributed by atoms with Crippen molar-refractivity contribution >= 4 is 5.91 Å². The van der Waals surface area contributed by atoms with Crippen molar-refractivity contribution in [3.8, 4) is 0 Å². The van der Waals surface area contributed by atoms with Gasteiger partial charge in [-0.3, -0.25) is 9.69 Å². The minimum atomic E-state index is -0.467. The van der Waals surface area contributed by atoms with Crippen LogP contribution >= 0.6 is 0 Å². The predicted octanol–water partition coefficient (Wildman–Crippen LogP) is 1.87. The van der Waals surface area contributed by atoms with Gasteiger partial charge in [0.15, 0.2) is 5.79 Å². The molecule has 23 heavy (non-hydrogen) atoms. The van der Waals surface area contributed by atoms with Gasteiger partial charge in [0.1, 0.15) is 0 Å². The predicted molar refractivity (Wildman–Crippen MR) is 87.8 cm³/mol. The number of nitrogens with zero attached hydrogens (tertiary/aromatic N) is 2. The van der Waals surface area contributed by atoms with Crippen LogP contribution in [0.4, 0.5) is 0 Å². The lowest BCUT2D eigenvalue weighted by Crippen LogP contribution is -2.47. The van der Waals surface area contributed by atoms with E-state index in [9.17, 15) is 4.79 Å². The smallest absolute Gasteiger partial charge is 0.239 e. The summed E-state index contributed by atoms with van der Waals surface area (Å²) in [5, 5.41) is 0. The molecule has 2 saturated heterocycles. The normalized spacial score (nSPS) is 21.7. The third-order valence-corrected chi connectivity index (χ3v) is 4.85. The second-order valence-corrected chi connectivity index (χ2v) is 6.34. The van der Waals surface area contributed by atoms with Crippen molar-refractivity contribution in [2.24, 2.45) is 0 Å². The summed E-state index contributed by atoms with van der Waals surface area (Å²) in [6.07, 6.45) is 0.843. The van der Waals surface area contributed by atoms with Crippen LogP contribution in [0.3, 0.4) is 0 Å². The first-order chi connectivity index (χ1) is 11.1. The van der Waals surface area contributed by atoms with Gasteiger partial charge in [0, 0.05) is 26.1 Å². The van der Waals surface area contributed by atoms with Gasteiger partial charge in [0.2, 0.25) is 5.91 Å². The van der Waals surface area contributed by atoms with E-state index in [0.717, 1.165) is 18.5 Å². The van der Waals surface area contributed by atoms with Crippen LogP contribution in [0.1, 0.15) is 25.8 Å². The lowest BCUT2D eigenvalue weighted by atomic mass is 10.2. The van der Waals surface area contributed by atoms with Crippen LogP contribution in [0, 0.1) is 0 Å². The summed E-state index contributed by atoms with van der Waals surface area (Å²) in [5.74, 6) is -0.295. The summed E-state index contributed by atoms with van der Waals surface area (Å²) in [6.45, 7) is 8.23. The quantitative estimate of drug-likeness (QED) is 0.831. The summed E-state index contributed by atoms with van der Waals surface area (Å²) in [6, 6.07) is 9.99. The maximum absolute atomic E-state index is 12.9. The highest BCUT2D eigenvalue weighted by Crippen LogP contribution is 2.31. The molecule has 0 saturated carbocycles. The average Bonchev–Trinajstić information content (AvgIpc) is 3.22. The Kier molecular flexibility index (Phi) is 4.99. The number of likely N-dealkylation sites (N-methyl/N-ethyl adjacent to an activating group) is 1. The minimum absolute atomic E-state index is 0.147. The SMILES string of the molecule is CCN(Cc1ccccc1)C(=O)[C@H](C)N1CCC2(C1)OCCO2. The van der Waals surface area contributed by atoms with Gasteiger partial charge in [-0.25, -0.2) is 0 Å². The molecule has 3 rings (SSSR count). The van der Waals surface area contributed by atoms with Gasteiger partial charge >= 0.3 is 0 Å². The van der Waals surface area contributed by atoms with E-state index >= 15 is 0 Å². The average molecular weight is 318 g/mol. The van der Waals surface area contributed by atoms with Crippen LogP contribution < -0.4 is 0 Å². The molecule has 1 aromatic carbocycles. The largest absolute Gasteiger partial charge is 0.346 e. The van der Waals surface area contributed by atoms with E-state index in [0.29, 0.717) is 32.8 Å². The van der Waals surface area contributed by atoms with E-state index in [1.54, 1.807) is 0 Å². The van der Waals surface area contributed by atoms with Crippen molar-refractivity contribution in [2.75, 3.05) is 32.8 Å². The van der Waals surface area contributed by atoms with Gasteiger partial charge in [-0.1, -0.05) is 30.3 Å². The Morgan fingerprint density at radius 2 is 2.00 bits per heavy atom. The summed E-state index contributed by atoms with van der Waals surface area (Å²) in [7, 11) is 0. The molecule has 1 amide bonds. The molecule has 1 aromatic rings. The van der Waals surface area contributed by atoms with Gasteiger partial charge in [-0.15, -0.1) is 0 Å². The first kappa shape index (κ1) is 16.4. The van der Waals surface area contributed by atoms with Crippen molar-refractivity contribution < 1.29 is 14.3 Å². The lowest BCUT2D eigenvalue weighted by molar-refractivity contribution is -0.150. The van der Waals surface area contributed by atoms with Gasteiger partial charge in [0.25, 0.3) is 0 Å². The Labute approximate surface area is 138 Å². The maximum atomic E-state index is 12.9. The highest BCUT2D eigenvalue weighted by atomic mass is 16.7. The number of rotatable bonds is 5. The summed E-state index contributed by atoms with van der Waals surface area (Å²) >= 11 is 0. The van der Waals surface area contributed by atoms with Gasteiger partial charge in [-0.2, -0.15) is 0 Å². The van der Waals surface area contributed by atoms with Crippen molar-refractivity contribution in [2.45, 2.75) is 38.6 Å². The van der Waals surface area contributed by atoms with Crippen molar-refractivity contribution in [1.29, 1.82) is 0 Å². The molecule has 2 heterocycles. The Morgan fingerprint density at radius 1 is 1.30 bits per heavy atom. The Bertz CT molecular complexity index is 528. The van der Waals surface area contributed by atoms with E-state index in [1.165, 1.54) is 0 Å². The standard InChI is InChI=1S/C18H26N2O3/c1-3-19(13-16-7-5-4-6-8-16)17(21)15(2)20-10-9-18(14-20)22-11-12-23-18/h4-8,15H,3,9-14H2,1-2H3/t15-/m0/s1. The molecule has 0 unspecified atom stereocenters. The zero-order valence-electron chi connectivity index (χ0n) is 14.0. The lowest BCUT2D eigenvalue weighted by Gasteiger charge is -2.30. The van der Waals surface area contributed by atoms with E-state index in [4.69, 9.17) is 9.47 Å². The molecule has 2 aliphatic heterocycles. The second kappa shape index (κ2) is 6.99. The van der Waals surface area contributed by atoms with Gasteiger partial charge in [-0.05, 0) is 19.4 Å². The highest BCUT2D eigenvalue weighted by Gasteiger charge is 2.45. The molecule has 126 valence electrons. The molecule has 5 nitrogen and oxygen atoms in total. The number of benzene rings is 1. The van der Waals surface area contributed by atoms with Crippen LogP contribution in [0.15, 0.2) is 30.3 Å². The van der Waals surface area contributed by atoms with Crippen molar-refractivity contribution in [3.05, 3.63) is 35.9 Å². The maximum Gasteiger partial charge on any atom is 0.239 e. The van der Waals surface area contributed by atoms with E-state index in [2.05, 4.69) is 17.0 Å². The minimum Gasteiger partial charge on any atom is -0.346 e. The molecular formula is C18H26N2O3. The molecular weight excluding hydrogens is 292 g/mol. The summed E-state index contributed by atoms with van der Waals surface area (Å²) < 4.78 is 11.5. The van der Waals surface area contributed by atoms with Crippen LogP contribution in [0.25, 0.3) is 0 Å². The van der Waals surface area contributed by atoms with Crippen molar-refractivity contribution in [1.82, 2.24) is 9.80 Å². The topological polar surface area (TPSA) is 42.0 Å². The van der Waals surface area contributed by atoms with Gasteiger partial charge in [0.05, 0.1) is 25.8 Å². The number of hydrogen-bond acceptors (Lipinski definition) is 4. The molecule has 0 N–H and O–H groups in total. The number of carbonyl (C=O) groups excluding carboxylic acids is 1. The molecule has 0 radical (unpaired) electrons. The van der Waals surface area contributed by atoms with Crippen molar-refractivity contribution in [3.63, 3.8) is 0 Å². The Hall–Kier alpha value is -1.43. The zero-order chi connectivity index (χ0) is 16.3. The van der Waals surface area contributed by atoms with E-state index < -0.39 is 5.79 Å². The molecule has 0 bridgehead atoms. The number of ether oxygens (including phenoxy) is 2. The monoisotopic (exact) mass is 318 g/mol. The van der Waals surface area contributed by atoms with Crippen LogP contribution in [0.2, 0.25) is 0 Å². The molecule has 5 heteroatoms. The molecule has 0 aromatic heterocycles. The summed E-state index contributed by atoms with van der Waals surface area (Å²) in [5.41, 5.74) is 1.16. The third-order valence-electron chi connectivity index (χ3n) is 4.85. The zero-order valence-corrected chi connectivity index (χ0v) is 14.0. The molecule has 1 spiro atoms.